The number of carbonyl (C=O) groups is 1. The fourth-order valence-electron chi connectivity index (χ4n) is 2.76. The summed E-state index contributed by atoms with van der Waals surface area (Å²) in [6.07, 6.45) is 7.72. The summed E-state index contributed by atoms with van der Waals surface area (Å²) < 4.78 is 30.4. The normalized spacial score (nSPS) is 17.7. The smallest absolute Gasteiger partial charge is 0.221 e. The highest BCUT2D eigenvalue weighted by Crippen LogP contribution is 2.23. The summed E-state index contributed by atoms with van der Waals surface area (Å²) in [5.74, 6) is -0.130. The summed E-state index contributed by atoms with van der Waals surface area (Å²) in [6.45, 7) is 1.18. The highest BCUT2D eigenvalue weighted by Gasteiger charge is 2.27. The van der Waals surface area contributed by atoms with Gasteiger partial charge in [-0.15, -0.1) is 0 Å². The predicted molar refractivity (Wildman–Crippen MR) is 82.5 cm³/mol. The van der Waals surface area contributed by atoms with Crippen LogP contribution in [0.1, 0.15) is 44.9 Å². The van der Waals surface area contributed by atoms with E-state index in [1.165, 1.54) is 23.4 Å². The average molecular weight is 320 g/mol. The van der Waals surface area contributed by atoms with E-state index in [4.69, 9.17) is 4.74 Å². The van der Waals surface area contributed by atoms with Gasteiger partial charge >= 0.3 is 0 Å². The van der Waals surface area contributed by atoms with Crippen LogP contribution in [0, 0.1) is 0 Å². The van der Waals surface area contributed by atoms with Gasteiger partial charge in [-0.3, -0.25) is 4.79 Å². The molecule has 0 spiro atoms. The summed E-state index contributed by atoms with van der Waals surface area (Å²) >= 11 is 0. The van der Waals surface area contributed by atoms with Gasteiger partial charge in [0.1, 0.15) is 0 Å². The lowest BCUT2D eigenvalue weighted by Gasteiger charge is -2.28. The van der Waals surface area contributed by atoms with E-state index in [0.29, 0.717) is 13.2 Å². The van der Waals surface area contributed by atoms with Gasteiger partial charge in [-0.2, -0.15) is 4.31 Å². The van der Waals surface area contributed by atoms with Crippen LogP contribution in [0.4, 0.5) is 0 Å². The maximum Gasteiger partial charge on any atom is 0.221 e. The Kier molecular flexibility index (Phi) is 8.21. The van der Waals surface area contributed by atoms with Crippen molar-refractivity contribution in [3.63, 3.8) is 0 Å². The van der Waals surface area contributed by atoms with E-state index in [-0.39, 0.29) is 24.9 Å². The first-order valence-corrected chi connectivity index (χ1v) is 9.52. The average Bonchev–Trinajstić information content (AvgIpc) is 2.67. The number of rotatable bonds is 8. The molecule has 1 aliphatic carbocycles. The molecule has 1 N–H and O–H groups in total. The molecule has 0 saturated heterocycles. The van der Waals surface area contributed by atoms with Gasteiger partial charge in [-0.05, 0) is 12.8 Å². The summed E-state index contributed by atoms with van der Waals surface area (Å²) in [5.41, 5.74) is 0. The Morgan fingerprint density at radius 1 is 1.24 bits per heavy atom. The molecule has 7 heteroatoms. The molecule has 6 nitrogen and oxygen atoms in total. The molecule has 0 radical (unpaired) electrons. The molecule has 124 valence electrons. The Morgan fingerprint density at radius 3 is 2.38 bits per heavy atom. The maximum atomic E-state index is 12.0. The van der Waals surface area contributed by atoms with Gasteiger partial charge < -0.3 is 10.1 Å². The summed E-state index contributed by atoms with van der Waals surface area (Å²) in [6, 6.07) is 0.0503. The third-order valence-corrected chi connectivity index (χ3v) is 5.18. The van der Waals surface area contributed by atoms with Crippen LogP contribution in [0.3, 0.4) is 0 Å². The van der Waals surface area contributed by atoms with Crippen LogP contribution in [0.15, 0.2) is 0 Å². The molecule has 1 saturated carbocycles. The standard InChI is InChI=1S/C14H28N2O4S/c1-20-12-10-15-14(17)9-11-16(21(2,18)19)13-7-5-3-4-6-8-13/h13H,3-12H2,1-2H3,(H,15,17). The lowest BCUT2D eigenvalue weighted by Crippen LogP contribution is -2.42. The molecule has 1 aliphatic rings. The van der Waals surface area contributed by atoms with Crippen LogP contribution in [-0.2, 0) is 19.6 Å². The maximum absolute atomic E-state index is 12.0. The first-order chi connectivity index (χ1) is 9.95. The number of nitrogens with zero attached hydrogens (tertiary/aromatic N) is 1. The van der Waals surface area contributed by atoms with Crippen molar-refractivity contribution >= 4 is 15.9 Å². The zero-order valence-electron chi connectivity index (χ0n) is 13.1. The van der Waals surface area contributed by atoms with Crippen molar-refractivity contribution in [3.8, 4) is 0 Å². The second kappa shape index (κ2) is 9.38. The second-order valence-electron chi connectivity index (χ2n) is 5.61. The zero-order chi connectivity index (χ0) is 15.7. The molecule has 21 heavy (non-hydrogen) atoms. The minimum atomic E-state index is -3.27. The fourth-order valence-corrected chi connectivity index (χ4v) is 3.93. The van der Waals surface area contributed by atoms with Gasteiger partial charge in [0.2, 0.25) is 15.9 Å². The Balaban J connectivity index is 2.52. The molecule has 0 unspecified atom stereocenters. The Labute approximate surface area is 128 Å². The van der Waals surface area contributed by atoms with Crippen LogP contribution in [0.5, 0.6) is 0 Å². The Morgan fingerprint density at radius 2 is 1.86 bits per heavy atom. The molecule has 1 rings (SSSR count). The summed E-state index contributed by atoms with van der Waals surface area (Å²) in [5, 5.41) is 2.72. The SMILES string of the molecule is COCCNC(=O)CCN(C1CCCCCC1)S(C)(=O)=O. The molecule has 0 aromatic heterocycles. The van der Waals surface area contributed by atoms with Crippen LogP contribution >= 0.6 is 0 Å². The fraction of sp³-hybridized carbons (Fsp3) is 0.929. The Hall–Kier alpha value is -0.660. The Bertz CT molecular complexity index is 403. The van der Waals surface area contributed by atoms with Gasteiger partial charge in [0.15, 0.2) is 0 Å². The van der Waals surface area contributed by atoms with E-state index < -0.39 is 10.0 Å². The van der Waals surface area contributed by atoms with Crippen LogP contribution in [0.25, 0.3) is 0 Å². The van der Waals surface area contributed by atoms with Crippen molar-refractivity contribution in [2.75, 3.05) is 33.1 Å². The van der Waals surface area contributed by atoms with E-state index in [1.54, 1.807) is 7.11 Å². The van der Waals surface area contributed by atoms with Crippen molar-refractivity contribution < 1.29 is 17.9 Å². The van der Waals surface area contributed by atoms with Crippen molar-refractivity contribution in [2.24, 2.45) is 0 Å². The molecule has 0 atom stereocenters. The third kappa shape index (κ3) is 7.24. The van der Waals surface area contributed by atoms with E-state index in [1.807, 2.05) is 0 Å². The highest BCUT2D eigenvalue weighted by atomic mass is 32.2. The van der Waals surface area contributed by atoms with Crippen molar-refractivity contribution in [3.05, 3.63) is 0 Å². The summed E-state index contributed by atoms with van der Waals surface area (Å²) in [7, 11) is -1.70. The van der Waals surface area contributed by atoms with Crippen molar-refractivity contribution in [1.82, 2.24) is 9.62 Å². The van der Waals surface area contributed by atoms with E-state index in [0.717, 1.165) is 25.7 Å². The molecule has 0 heterocycles. The van der Waals surface area contributed by atoms with Crippen molar-refractivity contribution in [2.45, 2.75) is 51.0 Å². The molecule has 0 bridgehead atoms. The highest BCUT2D eigenvalue weighted by molar-refractivity contribution is 7.88. The molecule has 1 amide bonds. The lowest BCUT2D eigenvalue weighted by molar-refractivity contribution is -0.121. The van der Waals surface area contributed by atoms with Crippen molar-refractivity contribution in [1.29, 1.82) is 0 Å². The third-order valence-electron chi connectivity index (χ3n) is 3.85. The van der Waals surface area contributed by atoms with E-state index in [2.05, 4.69) is 5.32 Å². The zero-order valence-corrected chi connectivity index (χ0v) is 14.0. The number of methoxy groups -OCH3 is 1. The quantitative estimate of drug-likeness (QED) is 0.537. The first-order valence-electron chi connectivity index (χ1n) is 7.67. The molecule has 0 aromatic rings. The van der Waals surface area contributed by atoms with Gasteiger partial charge in [0.25, 0.3) is 0 Å². The number of sulfonamides is 1. The lowest BCUT2D eigenvalue weighted by atomic mass is 10.1. The summed E-state index contributed by atoms with van der Waals surface area (Å²) in [4.78, 5) is 11.7. The van der Waals surface area contributed by atoms with Gasteiger partial charge in [-0.25, -0.2) is 8.42 Å². The minimum Gasteiger partial charge on any atom is -0.383 e. The van der Waals surface area contributed by atoms with Gasteiger partial charge in [-0.1, -0.05) is 25.7 Å². The van der Waals surface area contributed by atoms with Gasteiger partial charge in [0.05, 0.1) is 12.9 Å². The van der Waals surface area contributed by atoms with E-state index >= 15 is 0 Å². The largest absolute Gasteiger partial charge is 0.383 e. The number of amides is 1. The molecule has 0 aliphatic heterocycles. The molecule has 1 fully saturated rings. The van der Waals surface area contributed by atoms with E-state index in [9.17, 15) is 13.2 Å². The predicted octanol–water partition coefficient (Wildman–Crippen LogP) is 1.12. The number of ether oxygens (including phenoxy) is 1. The van der Waals surface area contributed by atoms with Crippen LogP contribution in [-0.4, -0.2) is 57.7 Å². The molecular weight excluding hydrogens is 292 g/mol. The molecular formula is C14H28N2O4S. The van der Waals surface area contributed by atoms with Crippen LogP contribution in [0.2, 0.25) is 0 Å². The molecule has 0 aromatic carbocycles. The number of hydrogen-bond donors (Lipinski definition) is 1. The number of nitrogens with one attached hydrogen (secondary N) is 1. The number of hydrogen-bond acceptors (Lipinski definition) is 4. The van der Waals surface area contributed by atoms with Crippen LogP contribution < -0.4 is 5.32 Å². The first kappa shape index (κ1) is 18.4. The topological polar surface area (TPSA) is 75.7 Å². The second-order valence-corrected chi connectivity index (χ2v) is 7.55. The number of carbonyl (C=O) groups excluding carboxylic acids is 1. The monoisotopic (exact) mass is 320 g/mol. The minimum absolute atomic E-state index is 0.0503. The van der Waals surface area contributed by atoms with Gasteiger partial charge in [0, 0.05) is 32.7 Å².